The highest BCUT2D eigenvalue weighted by atomic mass is 16.3. The zero-order chi connectivity index (χ0) is 13.1. The van der Waals surface area contributed by atoms with Gasteiger partial charge in [-0.2, -0.15) is 0 Å². The second-order valence-electron chi connectivity index (χ2n) is 4.81. The average Bonchev–Trinajstić information content (AvgIpc) is 3.11. The van der Waals surface area contributed by atoms with E-state index >= 15 is 0 Å². The summed E-state index contributed by atoms with van der Waals surface area (Å²) in [6, 6.07) is 3.21. The van der Waals surface area contributed by atoms with Crippen molar-refractivity contribution in [2.45, 2.75) is 32.2 Å². The predicted octanol–water partition coefficient (Wildman–Crippen LogP) is 0.574. The van der Waals surface area contributed by atoms with E-state index in [4.69, 9.17) is 5.11 Å². The minimum Gasteiger partial charge on any atom is -0.396 e. The highest BCUT2D eigenvalue weighted by Crippen LogP contribution is 2.33. The first kappa shape index (κ1) is 12.8. The highest BCUT2D eigenvalue weighted by Gasteiger charge is 2.32. The molecule has 1 amide bonds. The van der Waals surface area contributed by atoms with Crippen molar-refractivity contribution in [2.75, 3.05) is 6.61 Å². The number of aromatic amines is 1. The number of nitrogens with one attached hydrogen (secondary N) is 2. The van der Waals surface area contributed by atoms with Crippen molar-refractivity contribution in [3.8, 4) is 0 Å². The molecule has 3 N–H and O–H groups in total. The molecule has 1 fully saturated rings. The Morgan fingerprint density at radius 3 is 2.83 bits per heavy atom. The van der Waals surface area contributed by atoms with E-state index in [1.807, 2.05) is 0 Å². The van der Waals surface area contributed by atoms with Gasteiger partial charge in [0.05, 0.1) is 0 Å². The zero-order valence-electron chi connectivity index (χ0n) is 10.4. The number of carbonyl (C=O) groups excluding carboxylic acids is 1. The third kappa shape index (κ3) is 2.98. The zero-order valence-corrected chi connectivity index (χ0v) is 10.4. The fraction of sp³-hybridized carbons (Fsp3) is 0.538. The Bertz CT molecular complexity index is 491. The van der Waals surface area contributed by atoms with Crippen LogP contribution in [0.2, 0.25) is 0 Å². The van der Waals surface area contributed by atoms with Gasteiger partial charge in [-0.1, -0.05) is 0 Å². The Hall–Kier alpha value is -1.62. The summed E-state index contributed by atoms with van der Waals surface area (Å²) in [5.41, 5.74) is 0.487. The van der Waals surface area contributed by atoms with Crippen LogP contribution in [0.25, 0.3) is 0 Å². The molecule has 1 heterocycles. The van der Waals surface area contributed by atoms with Gasteiger partial charge in [-0.05, 0) is 44.2 Å². The Labute approximate surface area is 105 Å². The van der Waals surface area contributed by atoms with Gasteiger partial charge in [0.15, 0.2) is 0 Å². The summed E-state index contributed by atoms with van der Waals surface area (Å²) in [6.45, 7) is 1.81. The van der Waals surface area contributed by atoms with Crippen LogP contribution < -0.4 is 10.9 Å². The summed E-state index contributed by atoms with van der Waals surface area (Å²) < 4.78 is 0. The van der Waals surface area contributed by atoms with Crippen molar-refractivity contribution < 1.29 is 9.90 Å². The third-order valence-corrected chi connectivity index (χ3v) is 3.25. The van der Waals surface area contributed by atoms with Crippen molar-refractivity contribution in [3.05, 3.63) is 33.7 Å². The minimum atomic E-state index is -0.369. The molecule has 1 unspecified atom stereocenters. The number of aliphatic hydroxyl groups excluding tert-OH is 1. The number of hydrogen-bond donors (Lipinski definition) is 3. The Morgan fingerprint density at radius 1 is 1.56 bits per heavy atom. The summed E-state index contributed by atoms with van der Waals surface area (Å²) in [5, 5.41) is 11.8. The molecule has 5 heteroatoms. The first-order valence-electron chi connectivity index (χ1n) is 6.23. The molecule has 1 saturated carbocycles. The lowest BCUT2D eigenvalue weighted by molar-refractivity contribution is 0.0922. The van der Waals surface area contributed by atoms with Crippen molar-refractivity contribution >= 4 is 5.91 Å². The molecule has 98 valence electrons. The van der Waals surface area contributed by atoms with E-state index in [0.29, 0.717) is 12.3 Å². The maximum atomic E-state index is 12.0. The fourth-order valence-electron chi connectivity index (χ4n) is 2.06. The molecule has 0 bridgehead atoms. The molecule has 1 aliphatic carbocycles. The van der Waals surface area contributed by atoms with Gasteiger partial charge in [0, 0.05) is 18.3 Å². The second-order valence-corrected chi connectivity index (χ2v) is 4.81. The fourth-order valence-corrected chi connectivity index (χ4v) is 2.06. The lowest BCUT2D eigenvalue weighted by Gasteiger charge is -2.16. The molecule has 0 spiro atoms. The summed E-state index contributed by atoms with van der Waals surface area (Å²) in [4.78, 5) is 26.2. The molecule has 18 heavy (non-hydrogen) atoms. The number of hydrogen-bond acceptors (Lipinski definition) is 3. The number of carbonyl (C=O) groups is 1. The number of aryl methyl sites for hydroxylation is 1. The average molecular weight is 250 g/mol. The first-order chi connectivity index (χ1) is 8.61. The van der Waals surface area contributed by atoms with Gasteiger partial charge in [-0.25, -0.2) is 0 Å². The number of amides is 1. The van der Waals surface area contributed by atoms with Crippen LogP contribution >= 0.6 is 0 Å². The Kier molecular flexibility index (Phi) is 3.81. The molecule has 1 aliphatic rings. The molecule has 0 aliphatic heterocycles. The monoisotopic (exact) mass is 250 g/mol. The van der Waals surface area contributed by atoms with Crippen LogP contribution in [0.4, 0.5) is 0 Å². The van der Waals surface area contributed by atoms with E-state index < -0.39 is 0 Å². The van der Waals surface area contributed by atoms with Crippen molar-refractivity contribution in [1.29, 1.82) is 0 Å². The molecular weight excluding hydrogens is 232 g/mol. The summed E-state index contributed by atoms with van der Waals surface area (Å²) in [6.07, 6.45) is 2.70. The molecule has 0 saturated heterocycles. The van der Waals surface area contributed by atoms with Gasteiger partial charge < -0.3 is 15.4 Å². The molecular formula is C13H18N2O3. The van der Waals surface area contributed by atoms with E-state index in [-0.39, 0.29) is 29.7 Å². The maximum absolute atomic E-state index is 12.0. The molecule has 1 aromatic rings. The SMILES string of the molecule is Cc1ccc(C(=O)NC(CCO)C2CC2)c(=O)[nH]1. The predicted molar refractivity (Wildman–Crippen MR) is 67.5 cm³/mol. The highest BCUT2D eigenvalue weighted by molar-refractivity contribution is 5.94. The van der Waals surface area contributed by atoms with Gasteiger partial charge in [-0.3, -0.25) is 9.59 Å². The van der Waals surface area contributed by atoms with Crippen LogP contribution in [0, 0.1) is 12.8 Å². The Balaban J connectivity index is 2.08. The van der Waals surface area contributed by atoms with Gasteiger partial charge in [0.2, 0.25) is 0 Å². The van der Waals surface area contributed by atoms with Crippen molar-refractivity contribution in [2.24, 2.45) is 5.92 Å². The first-order valence-corrected chi connectivity index (χ1v) is 6.23. The van der Waals surface area contributed by atoms with E-state index in [2.05, 4.69) is 10.3 Å². The smallest absolute Gasteiger partial charge is 0.260 e. The van der Waals surface area contributed by atoms with Crippen molar-refractivity contribution in [1.82, 2.24) is 10.3 Å². The molecule has 0 radical (unpaired) electrons. The van der Waals surface area contributed by atoms with Crippen LogP contribution in [0.15, 0.2) is 16.9 Å². The van der Waals surface area contributed by atoms with Crippen molar-refractivity contribution in [3.63, 3.8) is 0 Å². The van der Waals surface area contributed by atoms with Crippen LogP contribution in [-0.4, -0.2) is 28.6 Å². The lowest BCUT2D eigenvalue weighted by atomic mass is 10.1. The third-order valence-electron chi connectivity index (χ3n) is 3.25. The molecule has 1 aromatic heterocycles. The number of rotatable bonds is 5. The van der Waals surface area contributed by atoms with Gasteiger partial charge >= 0.3 is 0 Å². The van der Waals surface area contributed by atoms with E-state index in [1.165, 1.54) is 6.07 Å². The summed E-state index contributed by atoms with van der Waals surface area (Å²) in [7, 11) is 0. The van der Waals surface area contributed by atoms with Crippen LogP contribution in [0.3, 0.4) is 0 Å². The molecule has 5 nitrogen and oxygen atoms in total. The topological polar surface area (TPSA) is 82.2 Å². The minimum absolute atomic E-state index is 0.0248. The number of pyridine rings is 1. The number of aliphatic hydroxyl groups is 1. The van der Waals surface area contributed by atoms with Crippen LogP contribution in [0.1, 0.15) is 35.3 Å². The maximum Gasteiger partial charge on any atom is 0.260 e. The number of aromatic nitrogens is 1. The lowest BCUT2D eigenvalue weighted by Crippen LogP contribution is -2.39. The second kappa shape index (κ2) is 5.35. The number of H-pyrrole nitrogens is 1. The van der Waals surface area contributed by atoms with Gasteiger partial charge in [0.25, 0.3) is 11.5 Å². The van der Waals surface area contributed by atoms with Crippen LogP contribution in [-0.2, 0) is 0 Å². The van der Waals surface area contributed by atoms with E-state index in [9.17, 15) is 9.59 Å². The van der Waals surface area contributed by atoms with Crippen LogP contribution in [0.5, 0.6) is 0 Å². The Morgan fingerprint density at radius 2 is 2.28 bits per heavy atom. The molecule has 2 rings (SSSR count). The molecule has 1 atom stereocenters. The van der Waals surface area contributed by atoms with Gasteiger partial charge in [-0.15, -0.1) is 0 Å². The van der Waals surface area contributed by atoms with Gasteiger partial charge in [0.1, 0.15) is 5.56 Å². The largest absolute Gasteiger partial charge is 0.396 e. The molecule has 0 aromatic carbocycles. The van der Waals surface area contributed by atoms with E-state index in [1.54, 1.807) is 13.0 Å². The normalized spacial score (nSPS) is 16.3. The standard InChI is InChI=1S/C13H18N2O3/c1-8-2-5-10(12(17)14-8)13(18)15-11(6-7-16)9-3-4-9/h2,5,9,11,16H,3-4,6-7H2,1H3,(H,14,17)(H,15,18). The summed E-state index contributed by atoms with van der Waals surface area (Å²) >= 11 is 0. The summed E-state index contributed by atoms with van der Waals surface area (Å²) in [5.74, 6) is 0.0900. The quantitative estimate of drug-likeness (QED) is 0.714. The van der Waals surface area contributed by atoms with E-state index in [0.717, 1.165) is 18.5 Å².